The van der Waals surface area contributed by atoms with Gasteiger partial charge in [-0.2, -0.15) is 5.10 Å². The van der Waals surface area contributed by atoms with Crippen LogP contribution in [0.4, 0.5) is 0 Å². The van der Waals surface area contributed by atoms with Crippen LogP contribution in [-0.2, 0) is 12.8 Å². The molecule has 3 aliphatic rings. The molecule has 2 atom stereocenters. The second kappa shape index (κ2) is 7.12. The molecule has 2 aliphatic heterocycles. The fourth-order valence-electron chi connectivity index (χ4n) is 5.38. The van der Waals surface area contributed by atoms with E-state index in [2.05, 4.69) is 38.6 Å². The lowest BCUT2D eigenvalue weighted by atomic mass is 9.83. The molecule has 3 heterocycles. The van der Waals surface area contributed by atoms with Crippen LogP contribution in [0.3, 0.4) is 0 Å². The summed E-state index contributed by atoms with van der Waals surface area (Å²) in [6.07, 6.45) is 8.30. The Bertz CT molecular complexity index is 841. The number of nitrogens with one attached hydrogen (secondary N) is 2. The van der Waals surface area contributed by atoms with Gasteiger partial charge in [-0.1, -0.05) is 30.7 Å². The SMILES string of the molecule is O=C(NC[C@@H]1CCCN2CCCC[C@H]12)c1[nH]nc2c1CCc1ccccc1-2. The molecule has 5 rings (SSSR count). The second-order valence-corrected chi connectivity index (χ2v) is 8.29. The van der Waals surface area contributed by atoms with E-state index in [4.69, 9.17) is 0 Å². The van der Waals surface area contributed by atoms with Crippen molar-refractivity contribution in [3.05, 3.63) is 41.1 Å². The van der Waals surface area contributed by atoms with Gasteiger partial charge in [0.1, 0.15) is 5.69 Å². The van der Waals surface area contributed by atoms with E-state index in [-0.39, 0.29) is 5.91 Å². The normalized spacial score (nSPS) is 24.6. The van der Waals surface area contributed by atoms with Crippen LogP contribution in [-0.4, -0.2) is 46.7 Å². The fraction of sp³-hybridized carbons (Fsp3) is 0.545. The summed E-state index contributed by atoms with van der Waals surface area (Å²) in [5, 5.41) is 10.7. The van der Waals surface area contributed by atoms with Gasteiger partial charge >= 0.3 is 0 Å². The van der Waals surface area contributed by atoms with E-state index in [0.29, 0.717) is 17.7 Å². The third-order valence-electron chi connectivity index (χ3n) is 6.76. The quantitative estimate of drug-likeness (QED) is 0.879. The Hall–Kier alpha value is -2.14. The van der Waals surface area contributed by atoms with Gasteiger partial charge in [-0.25, -0.2) is 0 Å². The lowest BCUT2D eigenvalue weighted by Gasteiger charge is -2.44. The van der Waals surface area contributed by atoms with Gasteiger partial charge in [0.2, 0.25) is 0 Å². The highest BCUT2D eigenvalue weighted by molar-refractivity contribution is 5.96. The van der Waals surface area contributed by atoms with E-state index in [9.17, 15) is 4.79 Å². The molecule has 0 radical (unpaired) electrons. The standard InChI is InChI=1S/C22H28N4O/c27-22(23-14-16-7-5-13-26-12-4-3-9-19(16)26)21-18-11-10-15-6-1-2-8-17(15)20(18)24-25-21/h1-2,6,8,16,19H,3-5,7,9-14H2,(H,23,27)(H,24,25)/t16-,19+/m0/s1. The summed E-state index contributed by atoms with van der Waals surface area (Å²) < 4.78 is 0. The highest BCUT2D eigenvalue weighted by Crippen LogP contribution is 2.34. The zero-order chi connectivity index (χ0) is 18.2. The summed E-state index contributed by atoms with van der Waals surface area (Å²) >= 11 is 0. The van der Waals surface area contributed by atoms with Crippen molar-refractivity contribution in [3.8, 4) is 11.3 Å². The maximum atomic E-state index is 12.9. The molecule has 5 heteroatoms. The Morgan fingerprint density at radius 3 is 3.00 bits per heavy atom. The van der Waals surface area contributed by atoms with Gasteiger partial charge in [-0.05, 0) is 63.1 Å². The first kappa shape index (κ1) is 17.0. The van der Waals surface area contributed by atoms with Crippen LogP contribution in [0.15, 0.2) is 24.3 Å². The number of rotatable bonds is 3. The first-order chi connectivity index (χ1) is 13.3. The predicted octanol–water partition coefficient (Wildman–Crippen LogP) is 3.17. The Labute approximate surface area is 160 Å². The average Bonchev–Trinajstić information content (AvgIpc) is 3.17. The second-order valence-electron chi connectivity index (χ2n) is 8.29. The molecule has 2 aromatic rings. The molecule has 0 bridgehead atoms. The Morgan fingerprint density at radius 1 is 1.15 bits per heavy atom. The number of carbonyl (C=O) groups excluding carboxylic acids is 1. The lowest BCUT2D eigenvalue weighted by molar-refractivity contribution is 0.0575. The number of hydrogen-bond donors (Lipinski definition) is 2. The Morgan fingerprint density at radius 2 is 2.04 bits per heavy atom. The van der Waals surface area contributed by atoms with E-state index in [0.717, 1.165) is 30.6 Å². The number of carbonyl (C=O) groups is 1. The molecule has 2 fully saturated rings. The molecular formula is C22H28N4O. The van der Waals surface area contributed by atoms with Crippen molar-refractivity contribution in [2.75, 3.05) is 19.6 Å². The fourth-order valence-corrected chi connectivity index (χ4v) is 5.38. The van der Waals surface area contributed by atoms with Crippen LogP contribution < -0.4 is 5.32 Å². The van der Waals surface area contributed by atoms with Crippen molar-refractivity contribution in [1.82, 2.24) is 20.4 Å². The van der Waals surface area contributed by atoms with Gasteiger partial charge in [-0.15, -0.1) is 0 Å². The predicted molar refractivity (Wildman–Crippen MR) is 106 cm³/mol. The number of aromatic nitrogens is 2. The third-order valence-corrected chi connectivity index (χ3v) is 6.76. The minimum absolute atomic E-state index is 0.0102. The number of aryl methyl sites for hydroxylation is 1. The van der Waals surface area contributed by atoms with Crippen LogP contribution in [0.5, 0.6) is 0 Å². The molecule has 1 aromatic heterocycles. The van der Waals surface area contributed by atoms with Gasteiger partial charge < -0.3 is 10.2 Å². The van der Waals surface area contributed by atoms with E-state index in [1.807, 2.05) is 6.07 Å². The Kier molecular flexibility index (Phi) is 4.48. The molecule has 27 heavy (non-hydrogen) atoms. The van der Waals surface area contributed by atoms with E-state index < -0.39 is 0 Å². The maximum Gasteiger partial charge on any atom is 0.269 e. The smallest absolute Gasteiger partial charge is 0.269 e. The van der Waals surface area contributed by atoms with Crippen LogP contribution in [0.25, 0.3) is 11.3 Å². The topological polar surface area (TPSA) is 61.0 Å². The summed E-state index contributed by atoms with van der Waals surface area (Å²) in [5.41, 5.74) is 5.19. The van der Waals surface area contributed by atoms with Crippen LogP contribution in [0.2, 0.25) is 0 Å². The van der Waals surface area contributed by atoms with Crippen LogP contribution in [0, 0.1) is 5.92 Å². The van der Waals surface area contributed by atoms with Crippen molar-refractivity contribution in [3.63, 3.8) is 0 Å². The van der Waals surface area contributed by atoms with E-state index >= 15 is 0 Å². The zero-order valence-electron chi connectivity index (χ0n) is 15.8. The number of H-pyrrole nitrogens is 1. The van der Waals surface area contributed by atoms with Crippen molar-refractivity contribution in [1.29, 1.82) is 0 Å². The monoisotopic (exact) mass is 364 g/mol. The van der Waals surface area contributed by atoms with Crippen LogP contribution in [0.1, 0.15) is 53.7 Å². The summed E-state index contributed by atoms with van der Waals surface area (Å²) in [7, 11) is 0. The summed E-state index contributed by atoms with van der Waals surface area (Å²) in [6.45, 7) is 3.26. The van der Waals surface area contributed by atoms with Crippen molar-refractivity contribution < 1.29 is 4.79 Å². The molecule has 5 nitrogen and oxygen atoms in total. The summed E-state index contributed by atoms with van der Waals surface area (Å²) in [5.74, 6) is 0.596. The molecule has 2 saturated heterocycles. The maximum absolute atomic E-state index is 12.9. The third kappa shape index (κ3) is 3.08. The molecule has 0 spiro atoms. The lowest BCUT2D eigenvalue weighted by Crippen LogP contribution is -2.51. The molecule has 1 aliphatic carbocycles. The number of aromatic amines is 1. The number of benzene rings is 1. The van der Waals surface area contributed by atoms with Gasteiger partial charge in [0.05, 0.1) is 5.69 Å². The van der Waals surface area contributed by atoms with Crippen molar-refractivity contribution in [2.45, 2.75) is 51.0 Å². The molecule has 1 amide bonds. The molecule has 1 aromatic carbocycles. The van der Waals surface area contributed by atoms with Crippen LogP contribution >= 0.6 is 0 Å². The highest BCUT2D eigenvalue weighted by Gasteiger charge is 2.33. The van der Waals surface area contributed by atoms with E-state index in [1.54, 1.807) is 0 Å². The molecule has 0 unspecified atom stereocenters. The first-order valence-corrected chi connectivity index (χ1v) is 10.5. The largest absolute Gasteiger partial charge is 0.350 e. The number of piperidine rings is 2. The van der Waals surface area contributed by atoms with Gasteiger partial charge in [0.25, 0.3) is 5.91 Å². The average molecular weight is 364 g/mol. The van der Waals surface area contributed by atoms with Crippen molar-refractivity contribution in [2.24, 2.45) is 5.92 Å². The minimum atomic E-state index is 0.0102. The summed E-state index contributed by atoms with van der Waals surface area (Å²) in [6, 6.07) is 9.04. The number of nitrogens with zero attached hydrogens (tertiary/aromatic N) is 2. The van der Waals surface area contributed by atoms with Gasteiger partial charge in [0.15, 0.2) is 0 Å². The highest BCUT2D eigenvalue weighted by atomic mass is 16.1. The first-order valence-electron chi connectivity index (χ1n) is 10.5. The van der Waals surface area contributed by atoms with Gasteiger partial charge in [0, 0.05) is 23.7 Å². The molecule has 0 saturated carbocycles. The van der Waals surface area contributed by atoms with E-state index in [1.165, 1.54) is 56.3 Å². The van der Waals surface area contributed by atoms with Gasteiger partial charge in [-0.3, -0.25) is 9.89 Å². The molecular weight excluding hydrogens is 336 g/mol. The minimum Gasteiger partial charge on any atom is -0.350 e. The zero-order valence-corrected chi connectivity index (χ0v) is 15.8. The molecule has 2 N–H and O–H groups in total. The Balaban J connectivity index is 1.29. The summed E-state index contributed by atoms with van der Waals surface area (Å²) in [4.78, 5) is 15.5. The number of fused-ring (bicyclic) bond motifs is 4. The van der Waals surface area contributed by atoms with Crippen molar-refractivity contribution >= 4 is 5.91 Å². The molecule has 142 valence electrons. The number of amides is 1. The number of hydrogen-bond acceptors (Lipinski definition) is 3.